The minimum absolute atomic E-state index is 0.348. The van der Waals surface area contributed by atoms with E-state index in [1.165, 1.54) is 27.0 Å². The van der Waals surface area contributed by atoms with Gasteiger partial charge < -0.3 is 25.4 Å². The maximum atomic E-state index is 12.3. The molecule has 0 unspecified atom stereocenters. The Hall–Kier alpha value is -3.26. The molecule has 9 heteroatoms. The van der Waals surface area contributed by atoms with Crippen LogP contribution in [0.1, 0.15) is 13.8 Å². The zero-order chi connectivity index (χ0) is 21.4. The Labute approximate surface area is 173 Å². The maximum Gasteiger partial charge on any atom is 0.329 e. The highest BCUT2D eigenvalue weighted by molar-refractivity contribution is 6.31. The van der Waals surface area contributed by atoms with E-state index in [0.29, 0.717) is 22.1 Å². The molecule has 2 aromatic carbocycles. The monoisotopic (exact) mass is 419 g/mol. The lowest BCUT2D eigenvalue weighted by molar-refractivity contribution is -0.154. The van der Waals surface area contributed by atoms with Gasteiger partial charge in [0.25, 0.3) is 5.91 Å². The van der Waals surface area contributed by atoms with Crippen LogP contribution in [0.4, 0.5) is 16.2 Å². The molecular weight excluding hydrogens is 398 g/mol. The quantitative estimate of drug-likeness (QED) is 0.596. The molecule has 0 saturated carbocycles. The number of carbonyl (C=O) groups is 3. The van der Waals surface area contributed by atoms with Crippen molar-refractivity contribution in [1.82, 2.24) is 5.32 Å². The van der Waals surface area contributed by atoms with Gasteiger partial charge in [0.2, 0.25) is 0 Å². The zero-order valence-corrected chi connectivity index (χ0v) is 16.9. The van der Waals surface area contributed by atoms with Crippen molar-refractivity contribution in [3.05, 3.63) is 53.6 Å². The van der Waals surface area contributed by atoms with Crippen molar-refractivity contribution >= 4 is 40.9 Å². The van der Waals surface area contributed by atoms with Gasteiger partial charge in [-0.05, 0) is 44.2 Å². The smallest absolute Gasteiger partial charge is 0.329 e. The molecule has 2 rings (SSSR count). The predicted molar refractivity (Wildman–Crippen MR) is 110 cm³/mol. The Morgan fingerprint density at radius 3 is 2.34 bits per heavy atom. The number of ether oxygens (including phenoxy) is 2. The van der Waals surface area contributed by atoms with E-state index < -0.39 is 30.1 Å². The molecule has 0 fully saturated rings. The third-order valence-corrected chi connectivity index (χ3v) is 4.05. The Morgan fingerprint density at radius 2 is 1.69 bits per heavy atom. The largest absolute Gasteiger partial charge is 0.495 e. The van der Waals surface area contributed by atoms with Crippen molar-refractivity contribution < 1.29 is 23.9 Å². The first-order valence-corrected chi connectivity index (χ1v) is 9.15. The molecule has 0 aliphatic rings. The fourth-order valence-electron chi connectivity index (χ4n) is 2.29. The van der Waals surface area contributed by atoms with Crippen LogP contribution in [0.5, 0.6) is 5.75 Å². The third kappa shape index (κ3) is 6.69. The first-order chi connectivity index (χ1) is 13.8. The summed E-state index contributed by atoms with van der Waals surface area (Å²) in [5.41, 5.74) is 0.926. The second kappa shape index (κ2) is 10.3. The molecule has 0 spiro atoms. The Morgan fingerprint density at radius 1 is 1.00 bits per heavy atom. The van der Waals surface area contributed by atoms with Crippen LogP contribution in [-0.2, 0) is 14.3 Å². The van der Waals surface area contributed by atoms with Crippen LogP contribution in [0.2, 0.25) is 5.02 Å². The number of anilines is 2. The molecule has 8 nitrogen and oxygen atoms in total. The number of urea groups is 1. The van der Waals surface area contributed by atoms with Crippen LogP contribution in [0, 0.1) is 0 Å². The van der Waals surface area contributed by atoms with Gasteiger partial charge in [-0.1, -0.05) is 29.8 Å². The summed E-state index contributed by atoms with van der Waals surface area (Å²) in [6, 6.07) is 12.0. The lowest BCUT2D eigenvalue weighted by Crippen LogP contribution is -2.44. The highest BCUT2D eigenvalue weighted by Gasteiger charge is 2.24. The number of esters is 1. The Kier molecular flexibility index (Phi) is 7.85. The lowest BCUT2D eigenvalue weighted by Gasteiger charge is -2.18. The average molecular weight is 420 g/mol. The summed E-state index contributed by atoms with van der Waals surface area (Å²) >= 11 is 5.93. The standard InChI is InChI=1S/C20H22ClN3O5/c1-12(22-20(27)23-15-7-5-4-6-8-15)19(26)29-13(2)18(25)24-16-11-14(21)9-10-17(16)28-3/h4-13H,1-3H3,(H,24,25)(H2,22,23,27)/t12-,13-/m0/s1. The molecular formula is C20H22ClN3O5. The van der Waals surface area contributed by atoms with Crippen molar-refractivity contribution in [3.8, 4) is 5.75 Å². The molecule has 154 valence electrons. The summed E-state index contributed by atoms with van der Waals surface area (Å²) in [5, 5.41) is 8.05. The fourth-order valence-corrected chi connectivity index (χ4v) is 2.46. The number of rotatable bonds is 7. The van der Waals surface area contributed by atoms with Gasteiger partial charge >= 0.3 is 12.0 Å². The van der Waals surface area contributed by atoms with Crippen molar-refractivity contribution in [2.75, 3.05) is 17.7 Å². The van der Waals surface area contributed by atoms with E-state index in [4.69, 9.17) is 21.1 Å². The molecule has 0 saturated heterocycles. The molecule has 0 bridgehead atoms. The topological polar surface area (TPSA) is 106 Å². The van der Waals surface area contributed by atoms with E-state index in [9.17, 15) is 14.4 Å². The van der Waals surface area contributed by atoms with Gasteiger partial charge in [-0.15, -0.1) is 0 Å². The van der Waals surface area contributed by atoms with Gasteiger partial charge in [0.15, 0.2) is 6.10 Å². The zero-order valence-electron chi connectivity index (χ0n) is 16.2. The predicted octanol–water partition coefficient (Wildman–Crippen LogP) is 3.43. The highest BCUT2D eigenvalue weighted by Crippen LogP contribution is 2.27. The van der Waals surface area contributed by atoms with Gasteiger partial charge in [-0.2, -0.15) is 0 Å². The summed E-state index contributed by atoms with van der Waals surface area (Å²) < 4.78 is 10.3. The first kappa shape index (κ1) is 22.0. The SMILES string of the molecule is COc1ccc(Cl)cc1NC(=O)[C@H](C)OC(=O)[C@H](C)NC(=O)Nc1ccccc1. The minimum atomic E-state index is -1.10. The number of hydrogen-bond acceptors (Lipinski definition) is 5. The van der Waals surface area contributed by atoms with E-state index >= 15 is 0 Å². The molecule has 2 atom stereocenters. The highest BCUT2D eigenvalue weighted by atomic mass is 35.5. The van der Waals surface area contributed by atoms with Crippen LogP contribution < -0.4 is 20.7 Å². The summed E-state index contributed by atoms with van der Waals surface area (Å²) in [6.45, 7) is 2.87. The van der Waals surface area contributed by atoms with Gasteiger partial charge in [-0.25, -0.2) is 9.59 Å². The van der Waals surface area contributed by atoms with Crippen LogP contribution in [0.25, 0.3) is 0 Å². The lowest BCUT2D eigenvalue weighted by atomic mass is 10.2. The molecule has 0 aliphatic carbocycles. The number of hydrogen-bond donors (Lipinski definition) is 3. The normalized spacial score (nSPS) is 12.3. The second-order valence-corrected chi connectivity index (χ2v) is 6.54. The number of benzene rings is 2. The summed E-state index contributed by atoms with van der Waals surface area (Å²) in [7, 11) is 1.45. The van der Waals surface area contributed by atoms with E-state index in [2.05, 4.69) is 16.0 Å². The summed E-state index contributed by atoms with van der Waals surface area (Å²) in [4.78, 5) is 36.5. The van der Waals surface area contributed by atoms with E-state index in [0.717, 1.165) is 0 Å². The van der Waals surface area contributed by atoms with E-state index in [1.54, 1.807) is 36.4 Å². The van der Waals surface area contributed by atoms with Crippen molar-refractivity contribution in [1.29, 1.82) is 0 Å². The maximum absolute atomic E-state index is 12.3. The molecule has 3 N–H and O–H groups in total. The second-order valence-electron chi connectivity index (χ2n) is 6.10. The summed E-state index contributed by atoms with van der Waals surface area (Å²) in [6.07, 6.45) is -1.10. The Balaban J connectivity index is 1.87. The van der Waals surface area contributed by atoms with Crippen molar-refractivity contribution in [3.63, 3.8) is 0 Å². The molecule has 0 heterocycles. The first-order valence-electron chi connectivity index (χ1n) is 8.77. The van der Waals surface area contributed by atoms with E-state index in [1.807, 2.05) is 6.07 Å². The molecule has 2 aromatic rings. The van der Waals surface area contributed by atoms with Crippen molar-refractivity contribution in [2.45, 2.75) is 26.0 Å². The number of carbonyl (C=O) groups excluding carboxylic acids is 3. The molecule has 29 heavy (non-hydrogen) atoms. The average Bonchev–Trinajstić information content (AvgIpc) is 2.68. The number of halogens is 1. The number of para-hydroxylation sites is 1. The minimum Gasteiger partial charge on any atom is -0.495 e. The van der Waals surface area contributed by atoms with Crippen molar-refractivity contribution in [2.24, 2.45) is 0 Å². The van der Waals surface area contributed by atoms with Gasteiger partial charge in [0.1, 0.15) is 11.8 Å². The molecule has 0 aliphatic heterocycles. The molecule has 3 amide bonds. The molecule has 0 radical (unpaired) electrons. The number of methoxy groups -OCH3 is 1. The van der Waals surface area contributed by atoms with Crippen LogP contribution >= 0.6 is 11.6 Å². The Bertz CT molecular complexity index is 876. The van der Waals surface area contributed by atoms with Gasteiger partial charge in [-0.3, -0.25) is 4.79 Å². The molecule has 0 aromatic heterocycles. The van der Waals surface area contributed by atoms with Gasteiger partial charge in [0.05, 0.1) is 12.8 Å². The number of nitrogens with one attached hydrogen (secondary N) is 3. The van der Waals surface area contributed by atoms with Crippen LogP contribution in [-0.4, -0.2) is 37.2 Å². The van der Waals surface area contributed by atoms with Crippen LogP contribution in [0.3, 0.4) is 0 Å². The summed E-state index contributed by atoms with van der Waals surface area (Å²) in [5.74, 6) is -0.914. The van der Waals surface area contributed by atoms with E-state index in [-0.39, 0.29) is 0 Å². The number of amides is 3. The fraction of sp³-hybridized carbons (Fsp3) is 0.250. The van der Waals surface area contributed by atoms with Gasteiger partial charge in [0, 0.05) is 10.7 Å². The third-order valence-electron chi connectivity index (χ3n) is 3.81. The van der Waals surface area contributed by atoms with Crippen LogP contribution in [0.15, 0.2) is 48.5 Å².